The number of likely N-dealkylation sites (tertiary alicyclic amines) is 1. The van der Waals surface area contributed by atoms with E-state index in [0.717, 1.165) is 18.5 Å². The normalized spacial score (nSPS) is 22.9. The number of piperidine rings is 1. The maximum atomic E-state index is 13.6. The van der Waals surface area contributed by atoms with Crippen LogP contribution in [-0.4, -0.2) is 35.2 Å². The van der Waals surface area contributed by atoms with Crippen molar-refractivity contribution in [3.63, 3.8) is 0 Å². The van der Waals surface area contributed by atoms with Crippen molar-refractivity contribution in [3.8, 4) is 0 Å². The van der Waals surface area contributed by atoms with Crippen LogP contribution in [0.25, 0.3) is 0 Å². The first-order valence-corrected chi connectivity index (χ1v) is 6.82. The van der Waals surface area contributed by atoms with E-state index in [1.54, 1.807) is 6.07 Å². The summed E-state index contributed by atoms with van der Waals surface area (Å²) < 4.78 is 13.6. The van der Waals surface area contributed by atoms with Gasteiger partial charge in [0.15, 0.2) is 0 Å². The highest BCUT2D eigenvalue weighted by atomic mass is 19.1. The van der Waals surface area contributed by atoms with Crippen LogP contribution in [0.2, 0.25) is 0 Å². The molecule has 0 aromatic heterocycles. The number of rotatable bonds is 4. The second-order valence-corrected chi connectivity index (χ2v) is 5.21. The highest BCUT2D eigenvalue weighted by Gasteiger charge is 2.26. The summed E-state index contributed by atoms with van der Waals surface area (Å²) in [6.45, 7) is 3.35. The molecule has 1 aliphatic rings. The molecule has 18 heavy (non-hydrogen) atoms. The average Bonchev–Trinajstić information content (AvgIpc) is 2.41. The number of hydrogen-bond acceptors (Lipinski definition) is 2. The first-order valence-electron chi connectivity index (χ1n) is 6.82. The molecular weight excluding hydrogens is 229 g/mol. The molecule has 1 aromatic carbocycles. The Morgan fingerprint density at radius 3 is 2.89 bits per heavy atom. The summed E-state index contributed by atoms with van der Waals surface area (Å²) in [5.74, 6) is -0.123. The van der Waals surface area contributed by atoms with Gasteiger partial charge in [-0.2, -0.15) is 0 Å². The van der Waals surface area contributed by atoms with E-state index in [-0.39, 0.29) is 24.5 Å². The van der Waals surface area contributed by atoms with E-state index < -0.39 is 0 Å². The lowest BCUT2D eigenvalue weighted by molar-refractivity contribution is 0.0589. The molecular formula is C15H22FNO. The fourth-order valence-corrected chi connectivity index (χ4v) is 2.90. The van der Waals surface area contributed by atoms with Crippen molar-refractivity contribution in [1.82, 2.24) is 4.90 Å². The molecule has 1 aromatic rings. The van der Waals surface area contributed by atoms with Gasteiger partial charge in [0, 0.05) is 12.1 Å². The Kier molecular flexibility index (Phi) is 4.72. The number of hydrogen-bond donors (Lipinski definition) is 1. The molecule has 2 atom stereocenters. The molecule has 0 radical (unpaired) electrons. The molecule has 2 rings (SSSR count). The molecule has 1 aliphatic heterocycles. The van der Waals surface area contributed by atoms with Crippen LogP contribution in [0.1, 0.15) is 31.7 Å². The minimum Gasteiger partial charge on any atom is -0.395 e. The van der Waals surface area contributed by atoms with E-state index in [1.807, 2.05) is 12.1 Å². The van der Waals surface area contributed by atoms with E-state index in [0.29, 0.717) is 6.42 Å². The smallest absolute Gasteiger partial charge is 0.126 e. The predicted molar refractivity (Wildman–Crippen MR) is 71.0 cm³/mol. The molecule has 0 amide bonds. The number of halogens is 1. The molecule has 3 heteroatoms. The van der Waals surface area contributed by atoms with Crippen molar-refractivity contribution in [3.05, 3.63) is 35.6 Å². The molecule has 0 unspecified atom stereocenters. The van der Waals surface area contributed by atoms with Gasteiger partial charge in [-0.05, 0) is 44.4 Å². The van der Waals surface area contributed by atoms with Crippen LogP contribution in [0, 0.1) is 5.82 Å². The molecule has 100 valence electrons. The summed E-state index contributed by atoms with van der Waals surface area (Å²) in [4.78, 5) is 2.33. The molecule has 0 bridgehead atoms. The van der Waals surface area contributed by atoms with Crippen LogP contribution in [-0.2, 0) is 6.42 Å². The lowest BCUT2D eigenvalue weighted by Gasteiger charge is -2.39. The van der Waals surface area contributed by atoms with E-state index >= 15 is 0 Å². The molecule has 1 N–H and O–H groups in total. The third-order valence-electron chi connectivity index (χ3n) is 3.92. The maximum Gasteiger partial charge on any atom is 0.126 e. The van der Waals surface area contributed by atoms with Gasteiger partial charge in [0.1, 0.15) is 5.82 Å². The summed E-state index contributed by atoms with van der Waals surface area (Å²) in [6, 6.07) is 7.50. The fraction of sp³-hybridized carbons (Fsp3) is 0.600. The van der Waals surface area contributed by atoms with Crippen molar-refractivity contribution >= 4 is 0 Å². The van der Waals surface area contributed by atoms with Crippen molar-refractivity contribution in [1.29, 1.82) is 0 Å². The molecule has 0 saturated carbocycles. The van der Waals surface area contributed by atoms with Gasteiger partial charge >= 0.3 is 0 Å². The molecule has 0 spiro atoms. The second-order valence-electron chi connectivity index (χ2n) is 5.21. The van der Waals surface area contributed by atoms with Gasteiger partial charge in [-0.1, -0.05) is 24.6 Å². The van der Waals surface area contributed by atoms with Crippen LogP contribution in [0.15, 0.2) is 24.3 Å². The highest BCUT2D eigenvalue weighted by molar-refractivity contribution is 5.18. The summed E-state index contributed by atoms with van der Waals surface area (Å²) in [5.41, 5.74) is 0.771. The van der Waals surface area contributed by atoms with E-state index in [9.17, 15) is 9.50 Å². The summed E-state index contributed by atoms with van der Waals surface area (Å²) >= 11 is 0. The van der Waals surface area contributed by atoms with Crippen LogP contribution >= 0.6 is 0 Å². The van der Waals surface area contributed by atoms with Crippen LogP contribution in [0.4, 0.5) is 4.39 Å². The SMILES string of the molecule is C[C@@H](Cc1ccccc1F)N1CCCC[C@H]1CO. The van der Waals surface area contributed by atoms with Gasteiger partial charge in [0.05, 0.1) is 6.61 Å². The number of aliphatic hydroxyl groups is 1. The quantitative estimate of drug-likeness (QED) is 0.889. The predicted octanol–water partition coefficient (Wildman–Crippen LogP) is 2.60. The van der Waals surface area contributed by atoms with Crippen LogP contribution in [0.3, 0.4) is 0 Å². The Bertz CT molecular complexity index is 383. The largest absolute Gasteiger partial charge is 0.395 e. The van der Waals surface area contributed by atoms with E-state index in [2.05, 4.69) is 11.8 Å². The zero-order valence-electron chi connectivity index (χ0n) is 11.0. The lowest BCUT2D eigenvalue weighted by Crippen LogP contribution is -2.47. The summed E-state index contributed by atoms with van der Waals surface area (Å²) in [7, 11) is 0. The standard InChI is InChI=1S/C15H22FNO/c1-12(10-13-6-2-3-8-15(13)16)17-9-5-4-7-14(17)11-18/h2-3,6,8,12,14,18H,4-5,7,9-11H2,1H3/t12-,14-/m0/s1. The van der Waals surface area contributed by atoms with E-state index in [4.69, 9.17) is 0 Å². The minimum absolute atomic E-state index is 0.123. The minimum atomic E-state index is -0.123. The Labute approximate surface area is 108 Å². The van der Waals surface area contributed by atoms with Gasteiger partial charge in [0.2, 0.25) is 0 Å². The Hall–Kier alpha value is -0.930. The van der Waals surface area contributed by atoms with Crippen molar-refractivity contribution in [2.75, 3.05) is 13.2 Å². The Balaban J connectivity index is 2.02. The van der Waals surface area contributed by atoms with Crippen molar-refractivity contribution in [2.45, 2.75) is 44.7 Å². The molecule has 0 aliphatic carbocycles. The van der Waals surface area contributed by atoms with Crippen molar-refractivity contribution < 1.29 is 9.50 Å². The maximum absolute atomic E-state index is 13.6. The van der Waals surface area contributed by atoms with Crippen LogP contribution < -0.4 is 0 Å². The van der Waals surface area contributed by atoms with Gasteiger partial charge < -0.3 is 5.11 Å². The topological polar surface area (TPSA) is 23.5 Å². The van der Waals surface area contributed by atoms with Crippen molar-refractivity contribution in [2.24, 2.45) is 0 Å². The van der Waals surface area contributed by atoms with Gasteiger partial charge in [0.25, 0.3) is 0 Å². The van der Waals surface area contributed by atoms with Gasteiger partial charge in [-0.15, -0.1) is 0 Å². The van der Waals surface area contributed by atoms with Crippen LogP contribution in [0.5, 0.6) is 0 Å². The lowest BCUT2D eigenvalue weighted by atomic mass is 9.97. The fourth-order valence-electron chi connectivity index (χ4n) is 2.90. The first-order chi connectivity index (χ1) is 8.72. The average molecular weight is 251 g/mol. The number of aliphatic hydroxyl groups excluding tert-OH is 1. The van der Waals surface area contributed by atoms with Gasteiger partial charge in [-0.3, -0.25) is 4.90 Å². The van der Waals surface area contributed by atoms with E-state index in [1.165, 1.54) is 18.9 Å². The second kappa shape index (κ2) is 6.30. The zero-order chi connectivity index (χ0) is 13.0. The van der Waals surface area contributed by atoms with Gasteiger partial charge in [-0.25, -0.2) is 4.39 Å². The Morgan fingerprint density at radius 2 is 2.17 bits per heavy atom. The Morgan fingerprint density at radius 1 is 1.39 bits per heavy atom. The molecule has 1 fully saturated rings. The molecule has 2 nitrogen and oxygen atoms in total. The number of benzene rings is 1. The summed E-state index contributed by atoms with van der Waals surface area (Å²) in [6.07, 6.45) is 4.13. The molecule has 1 saturated heterocycles. The highest BCUT2D eigenvalue weighted by Crippen LogP contribution is 2.21. The first kappa shape index (κ1) is 13.5. The monoisotopic (exact) mass is 251 g/mol. The third kappa shape index (κ3) is 3.09. The zero-order valence-corrected chi connectivity index (χ0v) is 11.0. The third-order valence-corrected chi connectivity index (χ3v) is 3.92. The summed E-state index contributed by atoms with van der Waals surface area (Å²) in [5, 5.41) is 9.42. The number of nitrogens with zero attached hydrogens (tertiary/aromatic N) is 1. The molecule has 1 heterocycles.